The molecule has 0 bridgehead atoms. The van der Waals surface area contributed by atoms with Gasteiger partial charge in [-0.2, -0.15) is 0 Å². The van der Waals surface area contributed by atoms with Gasteiger partial charge in [-0.25, -0.2) is 4.79 Å². The number of carboxylic acid groups (broad SMARTS) is 1. The van der Waals surface area contributed by atoms with Crippen molar-refractivity contribution in [2.75, 3.05) is 0 Å². The topological polar surface area (TPSA) is 136 Å². The number of carboxylic acids is 1. The molecule has 0 aromatic carbocycles. The Labute approximate surface area is 106 Å². The van der Waals surface area contributed by atoms with E-state index in [4.69, 9.17) is 16.6 Å². The van der Waals surface area contributed by atoms with Crippen molar-refractivity contribution in [2.24, 2.45) is 11.5 Å². The van der Waals surface area contributed by atoms with Crippen molar-refractivity contribution < 1.29 is 19.5 Å². The lowest BCUT2D eigenvalue weighted by atomic mass is 9.96. The van der Waals surface area contributed by atoms with Gasteiger partial charge in [0.05, 0.1) is 5.54 Å². The maximum atomic E-state index is 11.8. The summed E-state index contributed by atoms with van der Waals surface area (Å²) in [5.74, 6) is -2.36. The number of nitrogens with one attached hydrogen (secondary N) is 1. The van der Waals surface area contributed by atoms with Crippen LogP contribution >= 0.6 is 0 Å². The number of hydrogen-bond donors (Lipinski definition) is 4. The molecule has 0 aliphatic carbocycles. The van der Waals surface area contributed by atoms with E-state index in [-0.39, 0.29) is 12.8 Å². The van der Waals surface area contributed by atoms with Gasteiger partial charge in [0.1, 0.15) is 6.04 Å². The van der Waals surface area contributed by atoms with E-state index < -0.39 is 29.4 Å². The molecule has 2 amide bonds. The first-order chi connectivity index (χ1) is 8.20. The van der Waals surface area contributed by atoms with Crippen molar-refractivity contribution in [3.05, 3.63) is 0 Å². The van der Waals surface area contributed by atoms with Gasteiger partial charge in [-0.05, 0) is 19.8 Å². The predicted octanol–water partition coefficient (Wildman–Crippen LogP) is -0.661. The number of carbonyl (C=O) groups is 3. The molecule has 0 fully saturated rings. The lowest BCUT2D eigenvalue weighted by Crippen LogP contribution is -2.55. The molecule has 0 saturated heterocycles. The first-order valence-electron chi connectivity index (χ1n) is 5.81. The Bertz CT molecular complexity index is 328. The number of carbonyl (C=O) groups excluding carboxylic acids is 2. The highest BCUT2D eigenvalue weighted by Crippen LogP contribution is 2.09. The van der Waals surface area contributed by atoms with E-state index in [0.29, 0.717) is 12.8 Å². The Balaban J connectivity index is 4.54. The molecule has 0 aliphatic heterocycles. The van der Waals surface area contributed by atoms with E-state index in [9.17, 15) is 14.4 Å². The predicted molar refractivity (Wildman–Crippen MR) is 65.5 cm³/mol. The molecule has 0 spiro atoms. The maximum Gasteiger partial charge on any atom is 0.326 e. The number of amides is 2. The second-order valence-corrected chi connectivity index (χ2v) is 4.54. The third-order valence-corrected chi connectivity index (χ3v) is 2.57. The fourth-order valence-electron chi connectivity index (χ4n) is 1.50. The molecule has 0 radical (unpaired) electrons. The van der Waals surface area contributed by atoms with Crippen LogP contribution in [0, 0.1) is 0 Å². The van der Waals surface area contributed by atoms with E-state index in [1.807, 2.05) is 6.92 Å². The zero-order chi connectivity index (χ0) is 14.3. The molecule has 2 atom stereocenters. The second kappa shape index (κ2) is 6.95. The SMILES string of the molecule is CCCC(C)(N)C(=O)NC(CCC(N)=O)C(=O)O. The molecule has 2 unspecified atom stereocenters. The fourth-order valence-corrected chi connectivity index (χ4v) is 1.50. The number of hydrogen-bond acceptors (Lipinski definition) is 4. The first kappa shape index (κ1) is 16.4. The van der Waals surface area contributed by atoms with Gasteiger partial charge in [0.15, 0.2) is 0 Å². The van der Waals surface area contributed by atoms with Crippen LogP contribution in [0.4, 0.5) is 0 Å². The molecule has 104 valence electrons. The summed E-state index contributed by atoms with van der Waals surface area (Å²) in [4.78, 5) is 33.3. The van der Waals surface area contributed by atoms with E-state index >= 15 is 0 Å². The highest BCUT2D eigenvalue weighted by molar-refractivity contribution is 5.89. The highest BCUT2D eigenvalue weighted by atomic mass is 16.4. The van der Waals surface area contributed by atoms with Gasteiger partial charge < -0.3 is 21.9 Å². The summed E-state index contributed by atoms with van der Waals surface area (Å²) in [6, 6.07) is -1.15. The molecule has 7 nitrogen and oxygen atoms in total. The summed E-state index contributed by atoms with van der Waals surface area (Å²) in [7, 11) is 0. The Hall–Kier alpha value is -1.63. The Morgan fingerprint density at radius 1 is 1.39 bits per heavy atom. The van der Waals surface area contributed by atoms with Gasteiger partial charge >= 0.3 is 5.97 Å². The van der Waals surface area contributed by atoms with Crippen molar-refractivity contribution >= 4 is 17.8 Å². The fraction of sp³-hybridized carbons (Fsp3) is 0.727. The minimum absolute atomic E-state index is 0.0430. The summed E-state index contributed by atoms with van der Waals surface area (Å²) in [5, 5.41) is 11.2. The molecule has 6 N–H and O–H groups in total. The molecule has 7 heteroatoms. The second-order valence-electron chi connectivity index (χ2n) is 4.54. The van der Waals surface area contributed by atoms with Crippen molar-refractivity contribution in [1.29, 1.82) is 0 Å². The lowest BCUT2D eigenvalue weighted by Gasteiger charge is -2.25. The maximum absolute atomic E-state index is 11.8. The molecule has 0 heterocycles. The summed E-state index contributed by atoms with van der Waals surface area (Å²) < 4.78 is 0. The number of aliphatic carboxylic acids is 1. The van der Waals surface area contributed by atoms with Crippen molar-refractivity contribution in [1.82, 2.24) is 5.32 Å². The zero-order valence-corrected chi connectivity index (χ0v) is 10.7. The van der Waals surface area contributed by atoms with Crippen LogP contribution in [0.15, 0.2) is 0 Å². The highest BCUT2D eigenvalue weighted by Gasteiger charge is 2.31. The van der Waals surface area contributed by atoms with Crippen LogP contribution in [0.25, 0.3) is 0 Å². The van der Waals surface area contributed by atoms with Crippen LogP contribution in [0.1, 0.15) is 39.5 Å². The molecule has 0 aliphatic rings. The van der Waals surface area contributed by atoms with Crippen LogP contribution < -0.4 is 16.8 Å². The number of rotatable bonds is 8. The molecule has 0 aromatic rings. The van der Waals surface area contributed by atoms with Gasteiger partial charge in [0.2, 0.25) is 11.8 Å². The number of primary amides is 1. The molecule has 18 heavy (non-hydrogen) atoms. The molecule has 0 rings (SSSR count). The lowest BCUT2D eigenvalue weighted by molar-refractivity contribution is -0.143. The van der Waals surface area contributed by atoms with Gasteiger partial charge in [0, 0.05) is 6.42 Å². The van der Waals surface area contributed by atoms with Gasteiger partial charge in [-0.1, -0.05) is 13.3 Å². The Morgan fingerprint density at radius 2 is 1.94 bits per heavy atom. The van der Waals surface area contributed by atoms with E-state index in [0.717, 1.165) is 0 Å². The third-order valence-electron chi connectivity index (χ3n) is 2.57. The minimum atomic E-state index is -1.21. The molecular weight excluding hydrogens is 238 g/mol. The van der Waals surface area contributed by atoms with Crippen LogP contribution in [-0.4, -0.2) is 34.5 Å². The van der Waals surface area contributed by atoms with Crippen LogP contribution in [0.3, 0.4) is 0 Å². The van der Waals surface area contributed by atoms with Crippen LogP contribution in [0.5, 0.6) is 0 Å². The zero-order valence-electron chi connectivity index (χ0n) is 10.7. The minimum Gasteiger partial charge on any atom is -0.480 e. The quantitative estimate of drug-likeness (QED) is 0.458. The molecule has 0 saturated carbocycles. The van der Waals surface area contributed by atoms with E-state index in [1.54, 1.807) is 6.92 Å². The van der Waals surface area contributed by atoms with Crippen molar-refractivity contribution in [3.8, 4) is 0 Å². The smallest absolute Gasteiger partial charge is 0.326 e. The Morgan fingerprint density at radius 3 is 2.33 bits per heavy atom. The average Bonchev–Trinajstić information content (AvgIpc) is 2.22. The van der Waals surface area contributed by atoms with E-state index in [1.165, 1.54) is 0 Å². The van der Waals surface area contributed by atoms with Gasteiger partial charge in [-0.15, -0.1) is 0 Å². The normalized spacial score (nSPS) is 15.5. The standard InChI is InChI=1S/C11H21N3O4/c1-3-6-11(2,13)10(18)14-7(9(16)17)4-5-8(12)15/h7H,3-6,13H2,1-2H3,(H2,12,15)(H,14,18)(H,16,17). The van der Waals surface area contributed by atoms with E-state index in [2.05, 4.69) is 5.32 Å². The number of nitrogens with two attached hydrogens (primary N) is 2. The largest absolute Gasteiger partial charge is 0.480 e. The summed E-state index contributed by atoms with van der Waals surface area (Å²) in [6.45, 7) is 3.42. The van der Waals surface area contributed by atoms with Crippen molar-refractivity contribution in [2.45, 2.75) is 51.1 Å². The average molecular weight is 259 g/mol. The summed E-state index contributed by atoms with van der Waals surface area (Å²) >= 11 is 0. The molecular formula is C11H21N3O4. The Kier molecular flexibility index (Phi) is 6.32. The summed E-state index contributed by atoms with van der Waals surface area (Å²) in [6.07, 6.45) is 1.01. The monoisotopic (exact) mass is 259 g/mol. The van der Waals surface area contributed by atoms with Gasteiger partial charge in [0.25, 0.3) is 0 Å². The van der Waals surface area contributed by atoms with Crippen LogP contribution in [-0.2, 0) is 14.4 Å². The van der Waals surface area contributed by atoms with Crippen LogP contribution in [0.2, 0.25) is 0 Å². The van der Waals surface area contributed by atoms with Gasteiger partial charge in [-0.3, -0.25) is 9.59 Å². The van der Waals surface area contributed by atoms with Crippen molar-refractivity contribution in [3.63, 3.8) is 0 Å². The summed E-state index contributed by atoms with van der Waals surface area (Å²) in [5.41, 5.74) is 9.60. The first-order valence-corrected chi connectivity index (χ1v) is 5.81. The third kappa shape index (κ3) is 5.62. The molecule has 0 aromatic heterocycles.